The summed E-state index contributed by atoms with van der Waals surface area (Å²) < 4.78 is 5.79. The van der Waals surface area contributed by atoms with Crippen molar-refractivity contribution in [2.24, 2.45) is 0 Å². The average molecular weight is 446 g/mol. The molecule has 32 heavy (non-hydrogen) atoms. The van der Waals surface area contributed by atoms with Gasteiger partial charge in [-0.2, -0.15) is 0 Å². The molecule has 6 heteroatoms. The van der Waals surface area contributed by atoms with E-state index >= 15 is 0 Å². The van der Waals surface area contributed by atoms with Gasteiger partial charge in [0.05, 0.1) is 23.6 Å². The highest BCUT2D eigenvalue weighted by atomic mass is 35.5. The van der Waals surface area contributed by atoms with E-state index in [0.29, 0.717) is 35.3 Å². The molecule has 0 spiro atoms. The van der Waals surface area contributed by atoms with Gasteiger partial charge in [-0.3, -0.25) is 4.79 Å². The molecule has 0 radical (unpaired) electrons. The normalized spacial score (nSPS) is 10.8. The van der Waals surface area contributed by atoms with Gasteiger partial charge in [0.1, 0.15) is 0 Å². The van der Waals surface area contributed by atoms with Gasteiger partial charge in [0.15, 0.2) is 0 Å². The molecule has 0 aliphatic rings. The molecule has 0 bridgehead atoms. The number of hydrogen-bond donors (Lipinski definition) is 0. The van der Waals surface area contributed by atoms with Gasteiger partial charge in [0, 0.05) is 6.54 Å². The van der Waals surface area contributed by atoms with Crippen LogP contribution >= 0.6 is 11.6 Å². The number of carbonyl (C=O) groups is 1. The second-order valence-electron chi connectivity index (χ2n) is 7.54. The Morgan fingerprint density at radius 3 is 2.31 bits per heavy atom. The van der Waals surface area contributed by atoms with Gasteiger partial charge in [-0.1, -0.05) is 85.3 Å². The zero-order valence-corrected chi connectivity index (χ0v) is 18.6. The molecule has 0 aliphatic heterocycles. The summed E-state index contributed by atoms with van der Waals surface area (Å²) in [6.07, 6.45) is 1.16. The largest absolute Gasteiger partial charge is 0.419 e. The van der Waals surface area contributed by atoms with Crippen molar-refractivity contribution in [3.8, 4) is 22.6 Å². The lowest BCUT2D eigenvalue weighted by Gasteiger charge is -2.20. The van der Waals surface area contributed by atoms with Crippen LogP contribution in [0.4, 0.5) is 0 Å². The van der Waals surface area contributed by atoms with Gasteiger partial charge in [0.2, 0.25) is 17.7 Å². The van der Waals surface area contributed by atoms with Crippen molar-refractivity contribution in [2.75, 3.05) is 6.54 Å². The minimum Gasteiger partial charge on any atom is -0.419 e. The standard InChI is InChI=1S/C26H24ClN3O2/c1-2-16-30(18-24-28-29-26(32-24)22-10-6-7-11-23(22)27)25(31)17-19-12-14-21(15-13-19)20-8-4-3-5-9-20/h3-15H,2,16-18H2,1H3. The number of halogens is 1. The number of hydrogen-bond acceptors (Lipinski definition) is 4. The smallest absolute Gasteiger partial charge is 0.249 e. The van der Waals surface area contributed by atoms with E-state index in [1.807, 2.05) is 55.5 Å². The van der Waals surface area contributed by atoms with Crippen LogP contribution in [0.15, 0.2) is 83.3 Å². The van der Waals surface area contributed by atoms with Crippen molar-refractivity contribution in [1.29, 1.82) is 0 Å². The lowest BCUT2D eigenvalue weighted by molar-refractivity contribution is -0.131. The number of benzene rings is 3. The predicted molar refractivity (Wildman–Crippen MR) is 126 cm³/mol. The summed E-state index contributed by atoms with van der Waals surface area (Å²) in [6, 6.07) is 25.6. The van der Waals surface area contributed by atoms with Crippen LogP contribution in [-0.2, 0) is 17.8 Å². The molecule has 0 fully saturated rings. The number of rotatable bonds is 8. The molecule has 3 aromatic carbocycles. The van der Waals surface area contributed by atoms with Crippen molar-refractivity contribution in [1.82, 2.24) is 15.1 Å². The van der Waals surface area contributed by atoms with E-state index in [1.54, 1.807) is 11.0 Å². The minimum atomic E-state index is 0.0248. The van der Waals surface area contributed by atoms with Crippen LogP contribution in [0.25, 0.3) is 22.6 Å². The number of aromatic nitrogens is 2. The highest BCUT2D eigenvalue weighted by Crippen LogP contribution is 2.26. The Labute approximate surface area is 192 Å². The number of amides is 1. The monoisotopic (exact) mass is 445 g/mol. The predicted octanol–water partition coefficient (Wildman–Crippen LogP) is 6.04. The zero-order chi connectivity index (χ0) is 22.3. The van der Waals surface area contributed by atoms with Gasteiger partial charge in [-0.05, 0) is 35.2 Å². The maximum atomic E-state index is 13.0. The summed E-state index contributed by atoms with van der Waals surface area (Å²) in [4.78, 5) is 14.8. The Bertz CT molecular complexity index is 1170. The summed E-state index contributed by atoms with van der Waals surface area (Å²) in [5.41, 5.74) is 3.94. The molecule has 162 valence electrons. The van der Waals surface area contributed by atoms with E-state index in [1.165, 1.54) is 0 Å². The van der Waals surface area contributed by atoms with Crippen molar-refractivity contribution in [3.63, 3.8) is 0 Å². The Morgan fingerprint density at radius 1 is 0.906 bits per heavy atom. The second-order valence-corrected chi connectivity index (χ2v) is 7.94. The molecule has 0 aliphatic carbocycles. The van der Waals surface area contributed by atoms with E-state index in [4.69, 9.17) is 16.0 Å². The van der Waals surface area contributed by atoms with E-state index in [0.717, 1.165) is 23.1 Å². The third kappa shape index (κ3) is 5.24. The van der Waals surface area contributed by atoms with E-state index in [-0.39, 0.29) is 12.5 Å². The van der Waals surface area contributed by atoms with Crippen molar-refractivity contribution in [2.45, 2.75) is 26.3 Å². The van der Waals surface area contributed by atoms with E-state index < -0.39 is 0 Å². The summed E-state index contributed by atoms with van der Waals surface area (Å²) in [7, 11) is 0. The van der Waals surface area contributed by atoms with E-state index in [2.05, 4.69) is 34.5 Å². The summed E-state index contributed by atoms with van der Waals surface area (Å²) in [6.45, 7) is 2.93. The third-order valence-electron chi connectivity index (χ3n) is 5.16. The molecule has 1 amide bonds. The van der Waals surface area contributed by atoms with Crippen molar-refractivity contribution >= 4 is 17.5 Å². The van der Waals surface area contributed by atoms with Gasteiger partial charge in [-0.25, -0.2) is 0 Å². The molecule has 0 unspecified atom stereocenters. The molecule has 0 atom stereocenters. The van der Waals surface area contributed by atoms with Gasteiger partial charge < -0.3 is 9.32 Å². The van der Waals surface area contributed by atoms with E-state index in [9.17, 15) is 4.79 Å². The number of nitrogens with zero attached hydrogens (tertiary/aromatic N) is 3. The fourth-order valence-electron chi connectivity index (χ4n) is 3.52. The lowest BCUT2D eigenvalue weighted by Crippen LogP contribution is -2.32. The fraction of sp³-hybridized carbons (Fsp3) is 0.192. The molecule has 5 nitrogen and oxygen atoms in total. The average Bonchev–Trinajstić information content (AvgIpc) is 3.28. The van der Waals surface area contributed by atoms with Crippen LogP contribution in [0.2, 0.25) is 5.02 Å². The summed E-state index contributed by atoms with van der Waals surface area (Å²) >= 11 is 6.22. The molecule has 4 aromatic rings. The van der Waals surface area contributed by atoms with Gasteiger partial charge >= 0.3 is 0 Å². The van der Waals surface area contributed by atoms with Crippen LogP contribution < -0.4 is 0 Å². The van der Waals surface area contributed by atoms with Crippen LogP contribution in [0, 0.1) is 0 Å². The Kier molecular flexibility index (Phi) is 6.97. The first-order valence-corrected chi connectivity index (χ1v) is 11.0. The highest BCUT2D eigenvalue weighted by molar-refractivity contribution is 6.33. The zero-order valence-electron chi connectivity index (χ0n) is 17.9. The quantitative estimate of drug-likeness (QED) is 0.332. The van der Waals surface area contributed by atoms with Crippen LogP contribution in [-0.4, -0.2) is 27.5 Å². The SMILES string of the molecule is CCCN(Cc1nnc(-c2ccccc2Cl)o1)C(=O)Cc1ccc(-c2ccccc2)cc1. The Morgan fingerprint density at radius 2 is 1.59 bits per heavy atom. The molecule has 0 N–H and O–H groups in total. The molecule has 0 saturated heterocycles. The van der Waals surface area contributed by atoms with Crippen LogP contribution in [0.5, 0.6) is 0 Å². The highest BCUT2D eigenvalue weighted by Gasteiger charge is 2.18. The summed E-state index contributed by atoms with van der Waals surface area (Å²) in [5, 5.41) is 8.77. The topological polar surface area (TPSA) is 59.2 Å². The van der Waals surface area contributed by atoms with Crippen molar-refractivity contribution in [3.05, 3.63) is 95.3 Å². The number of carbonyl (C=O) groups excluding carboxylic acids is 1. The maximum Gasteiger partial charge on any atom is 0.249 e. The van der Waals surface area contributed by atoms with Gasteiger partial charge in [0.25, 0.3) is 0 Å². The molecule has 1 aromatic heterocycles. The fourth-order valence-corrected chi connectivity index (χ4v) is 3.73. The first-order valence-electron chi connectivity index (χ1n) is 10.6. The summed E-state index contributed by atoms with van der Waals surface area (Å²) in [5.74, 6) is 0.768. The Hall–Kier alpha value is -3.44. The molecular formula is C26H24ClN3O2. The van der Waals surface area contributed by atoms with Crippen molar-refractivity contribution < 1.29 is 9.21 Å². The molecule has 1 heterocycles. The molecular weight excluding hydrogens is 422 g/mol. The Balaban J connectivity index is 1.44. The molecule has 0 saturated carbocycles. The van der Waals surface area contributed by atoms with Crippen LogP contribution in [0.3, 0.4) is 0 Å². The molecule has 4 rings (SSSR count). The van der Waals surface area contributed by atoms with Gasteiger partial charge in [-0.15, -0.1) is 10.2 Å². The first kappa shape index (κ1) is 21.8. The first-order chi connectivity index (χ1) is 15.6. The lowest BCUT2D eigenvalue weighted by atomic mass is 10.0. The second kappa shape index (κ2) is 10.2. The van der Waals surface area contributed by atoms with Crippen LogP contribution in [0.1, 0.15) is 24.8 Å². The minimum absolute atomic E-state index is 0.0248. The maximum absolute atomic E-state index is 13.0. The third-order valence-corrected chi connectivity index (χ3v) is 5.49.